The quantitative estimate of drug-likeness (QED) is 0.229. The van der Waals surface area contributed by atoms with Crippen molar-refractivity contribution in [2.24, 2.45) is 34.5 Å². The van der Waals surface area contributed by atoms with E-state index in [1.807, 2.05) is 42.1 Å². The third kappa shape index (κ3) is 5.17. The lowest BCUT2D eigenvalue weighted by Crippen LogP contribution is -2.62. The molecule has 0 amide bonds. The molecule has 1 aromatic carbocycles. The number of fused-ring (bicyclic) bond motifs is 6. The van der Waals surface area contributed by atoms with E-state index in [0.29, 0.717) is 43.4 Å². The molecule has 7 rings (SSSR count). The summed E-state index contributed by atoms with van der Waals surface area (Å²) in [5.41, 5.74) is 2.56. The normalized spacial score (nSPS) is 34.5. The Kier molecular flexibility index (Phi) is 8.55. The minimum Gasteiger partial charge on any atom is -0.449 e. The summed E-state index contributed by atoms with van der Waals surface area (Å²) < 4.78 is 21.5. The molecule has 2 aromatic rings. The van der Waals surface area contributed by atoms with Crippen molar-refractivity contribution < 1.29 is 28.6 Å². The molecule has 47 heavy (non-hydrogen) atoms. The van der Waals surface area contributed by atoms with Crippen LogP contribution < -0.4 is 0 Å². The first-order valence-electron chi connectivity index (χ1n) is 17.6. The minimum absolute atomic E-state index is 0.0322. The number of ketones is 1. The second kappa shape index (κ2) is 12.3. The van der Waals surface area contributed by atoms with Crippen LogP contribution >= 0.6 is 11.8 Å². The molecule has 5 aliphatic rings. The van der Waals surface area contributed by atoms with Crippen molar-refractivity contribution in [2.75, 3.05) is 6.01 Å². The zero-order chi connectivity index (χ0) is 33.1. The molecule has 0 unspecified atom stereocenters. The van der Waals surface area contributed by atoms with Gasteiger partial charge in [0.25, 0.3) is 0 Å². The Hall–Kier alpha value is -2.78. The summed E-state index contributed by atoms with van der Waals surface area (Å²) in [7, 11) is 0. The summed E-state index contributed by atoms with van der Waals surface area (Å²) in [6, 6.07) is 6.97. The van der Waals surface area contributed by atoms with Crippen LogP contribution in [0.5, 0.6) is 0 Å². The average molecular weight is 663 g/mol. The number of alkyl halides is 1. The Bertz CT molecular complexity index is 1610. The summed E-state index contributed by atoms with van der Waals surface area (Å²) in [5.74, 6) is 0.406. The first kappa shape index (κ1) is 32.8. The Labute approximate surface area is 281 Å². The zero-order valence-electron chi connectivity index (χ0n) is 27.8. The number of thioether (sulfide) groups is 1. The number of aliphatic hydroxyl groups is 1. The van der Waals surface area contributed by atoms with Gasteiger partial charge in [0.1, 0.15) is 6.01 Å². The predicted octanol–water partition coefficient (Wildman–Crippen LogP) is 7.67. The second-order valence-electron chi connectivity index (χ2n) is 15.3. The summed E-state index contributed by atoms with van der Waals surface area (Å²) in [6.07, 6.45) is 12.8. The van der Waals surface area contributed by atoms with Crippen LogP contribution in [-0.4, -0.2) is 49.5 Å². The summed E-state index contributed by atoms with van der Waals surface area (Å²) in [5, 5.41) is 16.4. The molecule has 7 nitrogen and oxygen atoms in total. The SMILES string of the molecule is CCC(=O)O[C@]1(C(=O)SCF)CC[C@H]2[C@@H]3CCC4=Cc5c(cnn5-c5cccc(C(=O)CC6CCCC6)c5)C[C@]4(C)[C@H]3[C@@H](O)C[C@@]21C. The number of carbonyl (C=O) groups is 3. The lowest BCUT2D eigenvalue weighted by atomic mass is 9.45. The number of Topliss-reactive ketones (excluding diaryl/α,β-unsaturated/α-hetero) is 1. The van der Waals surface area contributed by atoms with Crippen molar-refractivity contribution in [1.29, 1.82) is 0 Å². The fourth-order valence-corrected chi connectivity index (χ4v) is 11.5. The van der Waals surface area contributed by atoms with E-state index >= 15 is 0 Å². The molecule has 4 fully saturated rings. The molecule has 252 valence electrons. The van der Waals surface area contributed by atoms with E-state index in [4.69, 9.17) is 9.84 Å². The Morgan fingerprint density at radius 2 is 1.94 bits per heavy atom. The van der Waals surface area contributed by atoms with Crippen molar-refractivity contribution in [2.45, 2.75) is 110 Å². The lowest BCUT2D eigenvalue weighted by molar-refractivity contribution is -0.196. The largest absolute Gasteiger partial charge is 0.449 e. The van der Waals surface area contributed by atoms with Gasteiger partial charge < -0.3 is 9.84 Å². The van der Waals surface area contributed by atoms with Gasteiger partial charge in [-0.25, -0.2) is 9.07 Å². The van der Waals surface area contributed by atoms with Crippen molar-refractivity contribution >= 4 is 34.7 Å². The highest BCUT2D eigenvalue weighted by molar-refractivity contribution is 8.13. The van der Waals surface area contributed by atoms with Crippen LogP contribution in [0.4, 0.5) is 4.39 Å². The molecular weight excluding hydrogens is 615 g/mol. The number of aliphatic hydroxyl groups excluding tert-OH is 1. The topological polar surface area (TPSA) is 98.5 Å². The number of carbonyl (C=O) groups excluding carboxylic acids is 3. The van der Waals surface area contributed by atoms with Crippen LogP contribution in [0, 0.1) is 34.5 Å². The molecule has 1 N–H and O–H groups in total. The lowest BCUT2D eigenvalue weighted by Gasteiger charge is -2.60. The molecule has 5 aliphatic carbocycles. The number of hydrogen-bond acceptors (Lipinski definition) is 7. The van der Waals surface area contributed by atoms with Gasteiger partial charge in [-0.05, 0) is 103 Å². The highest BCUT2D eigenvalue weighted by Crippen LogP contribution is 2.69. The minimum atomic E-state index is -1.43. The Balaban J connectivity index is 1.17. The number of rotatable bonds is 8. The molecular formula is C38H47FN2O5S. The first-order valence-corrected chi connectivity index (χ1v) is 18.6. The Morgan fingerprint density at radius 1 is 1.15 bits per heavy atom. The maximum Gasteiger partial charge on any atom is 0.306 e. The second-order valence-corrected chi connectivity index (χ2v) is 16.2. The van der Waals surface area contributed by atoms with Crippen LogP contribution in [-0.2, 0) is 20.7 Å². The number of esters is 1. The van der Waals surface area contributed by atoms with Gasteiger partial charge in [0.15, 0.2) is 11.4 Å². The van der Waals surface area contributed by atoms with E-state index in [2.05, 4.69) is 13.0 Å². The summed E-state index contributed by atoms with van der Waals surface area (Å²) in [6.45, 7) is 5.96. The van der Waals surface area contributed by atoms with Gasteiger partial charge in [0.05, 0.1) is 23.7 Å². The molecule has 0 saturated heterocycles. The average Bonchev–Trinajstić information content (AvgIpc) is 3.78. The fourth-order valence-electron chi connectivity index (χ4n) is 10.8. The highest BCUT2D eigenvalue weighted by Gasteiger charge is 2.70. The van der Waals surface area contributed by atoms with E-state index in [1.165, 1.54) is 18.4 Å². The molecule has 7 atom stereocenters. The van der Waals surface area contributed by atoms with Gasteiger partial charge in [0, 0.05) is 23.8 Å². The van der Waals surface area contributed by atoms with E-state index < -0.39 is 34.2 Å². The van der Waals surface area contributed by atoms with Gasteiger partial charge >= 0.3 is 5.97 Å². The maximum atomic E-state index is 13.6. The van der Waals surface area contributed by atoms with E-state index in [1.54, 1.807) is 6.92 Å². The van der Waals surface area contributed by atoms with Crippen LogP contribution in [0.25, 0.3) is 11.8 Å². The van der Waals surface area contributed by atoms with E-state index in [-0.39, 0.29) is 35.4 Å². The summed E-state index contributed by atoms with van der Waals surface area (Å²) >= 11 is 0.583. The number of halogens is 1. The molecule has 1 heterocycles. The molecule has 0 spiro atoms. The fraction of sp³-hybridized carbons (Fsp3) is 0.632. The van der Waals surface area contributed by atoms with Crippen LogP contribution in [0.15, 0.2) is 36.0 Å². The van der Waals surface area contributed by atoms with Crippen molar-refractivity contribution in [3.8, 4) is 5.69 Å². The number of allylic oxidation sites excluding steroid dienone is 1. The van der Waals surface area contributed by atoms with Crippen LogP contribution in [0.1, 0.15) is 113 Å². The van der Waals surface area contributed by atoms with Gasteiger partial charge in [-0.15, -0.1) is 0 Å². The molecule has 0 bridgehead atoms. The van der Waals surface area contributed by atoms with E-state index in [0.717, 1.165) is 54.6 Å². The number of nitrogens with zero attached hydrogens (tertiary/aromatic N) is 2. The van der Waals surface area contributed by atoms with Gasteiger partial charge in [0.2, 0.25) is 5.12 Å². The van der Waals surface area contributed by atoms with Gasteiger partial charge in [-0.1, -0.05) is 64.2 Å². The van der Waals surface area contributed by atoms with Crippen molar-refractivity contribution in [3.63, 3.8) is 0 Å². The van der Waals surface area contributed by atoms with Crippen molar-refractivity contribution in [3.05, 3.63) is 52.9 Å². The third-order valence-corrected chi connectivity index (χ3v) is 13.7. The number of hydrogen-bond donors (Lipinski definition) is 1. The number of benzene rings is 1. The number of ether oxygens (including phenoxy) is 1. The number of aromatic nitrogens is 2. The van der Waals surface area contributed by atoms with Gasteiger partial charge in [-0.3, -0.25) is 14.4 Å². The van der Waals surface area contributed by atoms with Gasteiger partial charge in [-0.2, -0.15) is 5.10 Å². The first-order chi connectivity index (χ1) is 22.5. The molecule has 1 aromatic heterocycles. The highest BCUT2D eigenvalue weighted by atomic mass is 32.2. The van der Waals surface area contributed by atoms with Crippen LogP contribution in [0.3, 0.4) is 0 Å². The molecule has 0 radical (unpaired) electrons. The Morgan fingerprint density at radius 3 is 2.68 bits per heavy atom. The van der Waals surface area contributed by atoms with E-state index in [9.17, 15) is 23.9 Å². The summed E-state index contributed by atoms with van der Waals surface area (Å²) in [4.78, 5) is 39.4. The molecule has 9 heteroatoms. The van der Waals surface area contributed by atoms with Crippen molar-refractivity contribution in [1.82, 2.24) is 9.78 Å². The standard InChI is InChI=1S/C38H47FN2O5S/c1-4-33(44)46-38(35(45)47-22-39)15-14-29-28-13-12-26-18-30-25(19-36(26,2)34(28)32(43)20-37(29,38)3)21-40-41(30)27-11-7-10-24(17-27)31(42)16-23-8-5-6-9-23/h7,10-11,17-18,21,23,28-29,32,34,43H,4-6,8-9,12-16,19-20,22H2,1-3H3/t28-,29-,32-,34+,36-,37-,38-/m0/s1. The molecule has 4 saturated carbocycles. The maximum absolute atomic E-state index is 13.6. The third-order valence-electron chi connectivity index (χ3n) is 13.0. The zero-order valence-corrected chi connectivity index (χ0v) is 28.6. The molecule has 0 aliphatic heterocycles. The van der Waals surface area contributed by atoms with Crippen LogP contribution in [0.2, 0.25) is 0 Å². The predicted molar refractivity (Wildman–Crippen MR) is 180 cm³/mol. The monoisotopic (exact) mass is 662 g/mol. The smallest absolute Gasteiger partial charge is 0.306 e.